The van der Waals surface area contributed by atoms with E-state index in [1.807, 2.05) is 0 Å². The van der Waals surface area contributed by atoms with Crippen molar-refractivity contribution >= 4 is 12.1 Å². The highest BCUT2D eigenvalue weighted by Crippen LogP contribution is 2.59. The van der Waals surface area contributed by atoms with Crippen molar-refractivity contribution in [1.82, 2.24) is 5.32 Å². The second-order valence-electron chi connectivity index (χ2n) is 10.9. The van der Waals surface area contributed by atoms with Gasteiger partial charge in [0.1, 0.15) is 29.5 Å². The van der Waals surface area contributed by atoms with Gasteiger partial charge in [0.25, 0.3) is 0 Å². The monoisotopic (exact) mass is 479 g/mol. The number of ether oxygens (including phenoxy) is 5. The van der Waals surface area contributed by atoms with Crippen molar-refractivity contribution in [3.05, 3.63) is 11.6 Å². The summed E-state index contributed by atoms with van der Waals surface area (Å²) in [4.78, 5) is 25.4. The van der Waals surface area contributed by atoms with Gasteiger partial charge >= 0.3 is 12.1 Å². The molecule has 7 atom stereocenters. The van der Waals surface area contributed by atoms with Crippen LogP contribution >= 0.6 is 0 Å². The second-order valence-corrected chi connectivity index (χ2v) is 10.9. The molecule has 192 valence electrons. The Morgan fingerprint density at radius 1 is 1.15 bits per heavy atom. The summed E-state index contributed by atoms with van der Waals surface area (Å²) in [6.07, 6.45) is 8.23. The topological polar surface area (TPSA) is 98.9 Å². The molecule has 0 aromatic carbocycles. The minimum Gasteiger partial charge on any atom is -0.467 e. The predicted octanol–water partition coefficient (Wildman–Crippen LogP) is 3.91. The van der Waals surface area contributed by atoms with Gasteiger partial charge in [-0.2, -0.15) is 0 Å². The van der Waals surface area contributed by atoms with Crippen molar-refractivity contribution in [2.24, 2.45) is 11.8 Å². The third-order valence-electron chi connectivity index (χ3n) is 8.35. The van der Waals surface area contributed by atoms with Crippen LogP contribution in [0.2, 0.25) is 0 Å². The Balaban J connectivity index is 1.44. The summed E-state index contributed by atoms with van der Waals surface area (Å²) in [6.45, 7) is 6.97. The Morgan fingerprint density at radius 3 is 2.44 bits per heavy atom. The maximum absolute atomic E-state index is 13.0. The van der Waals surface area contributed by atoms with Gasteiger partial charge in [-0.05, 0) is 58.8 Å². The number of esters is 1. The predicted molar refractivity (Wildman–Crippen MR) is 125 cm³/mol. The third kappa shape index (κ3) is 5.14. The number of hydrogen-bond acceptors (Lipinski definition) is 7. The van der Waals surface area contributed by atoms with Crippen molar-refractivity contribution in [1.29, 1.82) is 0 Å². The number of epoxide rings is 2. The number of allylic oxidation sites excluding steroid dienone is 1. The minimum absolute atomic E-state index is 0.0399. The molecule has 1 spiro atoms. The molecule has 0 unspecified atom stereocenters. The maximum atomic E-state index is 13.0. The number of amides is 1. The van der Waals surface area contributed by atoms with E-state index in [9.17, 15) is 9.59 Å². The number of hydrogen-bond donors (Lipinski definition) is 1. The van der Waals surface area contributed by atoms with E-state index in [0.29, 0.717) is 13.0 Å². The molecule has 2 saturated carbocycles. The van der Waals surface area contributed by atoms with E-state index in [-0.39, 0.29) is 29.6 Å². The van der Waals surface area contributed by atoms with Gasteiger partial charge in [-0.15, -0.1) is 0 Å². The number of alkyl carbamates (subject to hydrolysis) is 1. The lowest BCUT2D eigenvalue weighted by Crippen LogP contribution is -2.57. The van der Waals surface area contributed by atoms with Crippen LogP contribution in [-0.2, 0) is 28.5 Å². The highest BCUT2D eigenvalue weighted by Gasteiger charge is 2.72. The van der Waals surface area contributed by atoms with Crippen LogP contribution in [0.1, 0.15) is 72.1 Å². The SMILES string of the molecule is COC(=O)[C@H](NC(=O)O[C@@H]1CC[C@]2(CO2)[C@@H]([C@@]2(C)O[C@@H]2CC=C(C)C)[C@@H]1OC)C1CCCCC1. The fourth-order valence-electron chi connectivity index (χ4n) is 6.33. The smallest absolute Gasteiger partial charge is 0.408 e. The molecule has 2 saturated heterocycles. The molecule has 0 radical (unpaired) electrons. The van der Waals surface area contributed by atoms with Crippen molar-refractivity contribution < 1.29 is 33.3 Å². The zero-order chi connectivity index (χ0) is 24.5. The second kappa shape index (κ2) is 10.2. The van der Waals surface area contributed by atoms with Crippen molar-refractivity contribution in [2.75, 3.05) is 20.8 Å². The van der Waals surface area contributed by atoms with E-state index in [0.717, 1.165) is 44.9 Å². The lowest BCUT2D eigenvalue weighted by Gasteiger charge is -2.42. The molecule has 2 aliphatic carbocycles. The molecule has 4 rings (SSSR count). The van der Waals surface area contributed by atoms with E-state index < -0.39 is 29.8 Å². The average molecular weight is 480 g/mol. The lowest BCUT2D eigenvalue weighted by molar-refractivity contribution is -0.145. The Labute approximate surface area is 203 Å². The Bertz CT molecular complexity index is 784. The molecule has 1 N–H and O–H groups in total. The van der Waals surface area contributed by atoms with Gasteiger partial charge in [-0.1, -0.05) is 30.9 Å². The van der Waals surface area contributed by atoms with Crippen LogP contribution in [0.4, 0.5) is 4.79 Å². The van der Waals surface area contributed by atoms with E-state index >= 15 is 0 Å². The fraction of sp³-hybridized carbons (Fsp3) is 0.846. The molecular weight excluding hydrogens is 438 g/mol. The molecule has 1 amide bonds. The molecule has 2 aliphatic heterocycles. The van der Waals surface area contributed by atoms with Crippen molar-refractivity contribution in [3.63, 3.8) is 0 Å². The standard InChI is InChI=1S/C26H41NO7/c1-16(2)11-12-19-25(3,34-19)22-21(30-4)18(13-14-26(22)15-32-26)33-24(29)27-20(23(28)31-5)17-9-7-6-8-10-17/h11,17-22H,6-10,12-15H2,1-5H3,(H,27,29)/t18-,19-,20-,21-,22-,25+,26+/m1/s1. The molecule has 8 heteroatoms. The number of carbonyl (C=O) groups is 2. The van der Waals surface area contributed by atoms with Crippen LogP contribution in [0, 0.1) is 11.8 Å². The number of methoxy groups -OCH3 is 2. The summed E-state index contributed by atoms with van der Waals surface area (Å²) in [7, 11) is 3.01. The van der Waals surface area contributed by atoms with Crippen LogP contribution < -0.4 is 5.32 Å². The minimum atomic E-state index is -0.686. The molecule has 34 heavy (non-hydrogen) atoms. The van der Waals surface area contributed by atoms with Crippen LogP contribution in [0.5, 0.6) is 0 Å². The first-order chi connectivity index (χ1) is 16.2. The molecule has 2 heterocycles. The highest BCUT2D eigenvalue weighted by molar-refractivity contribution is 5.81. The van der Waals surface area contributed by atoms with E-state index in [1.54, 1.807) is 7.11 Å². The van der Waals surface area contributed by atoms with Crippen molar-refractivity contribution in [2.45, 2.75) is 108 Å². The van der Waals surface area contributed by atoms with Crippen LogP contribution in [0.25, 0.3) is 0 Å². The molecule has 8 nitrogen and oxygen atoms in total. The zero-order valence-electron chi connectivity index (χ0n) is 21.3. The molecule has 0 bridgehead atoms. The Morgan fingerprint density at radius 2 is 1.85 bits per heavy atom. The summed E-state index contributed by atoms with van der Waals surface area (Å²) in [6, 6.07) is -0.686. The highest BCUT2D eigenvalue weighted by atomic mass is 16.6. The van der Waals surface area contributed by atoms with Gasteiger partial charge in [0, 0.05) is 7.11 Å². The van der Waals surface area contributed by atoms with E-state index in [1.165, 1.54) is 12.7 Å². The van der Waals surface area contributed by atoms with Gasteiger partial charge < -0.3 is 29.0 Å². The van der Waals surface area contributed by atoms with Gasteiger partial charge in [0.05, 0.1) is 25.7 Å². The largest absolute Gasteiger partial charge is 0.467 e. The quantitative estimate of drug-likeness (QED) is 0.320. The van der Waals surface area contributed by atoms with Gasteiger partial charge in [-0.3, -0.25) is 0 Å². The molecular formula is C26H41NO7. The zero-order valence-corrected chi connectivity index (χ0v) is 21.3. The van der Waals surface area contributed by atoms with Gasteiger partial charge in [0.2, 0.25) is 0 Å². The molecule has 0 aromatic heterocycles. The van der Waals surface area contributed by atoms with Crippen molar-refractivity contribution in [3.8, 4) is 0 Å². The maximum Gasteiger partial charge on any atom is 0.408 e. The first-order valence-electron chi connectivity index (χ1n) is 12.8. The summed E-state index contributed by atoms with van der Waals surface area (Å²) in [5.74, 6) is -0.384. The molecule has 4 aliphatic rings. The van der Waals surface area contributed by atoms with Crippen LogP contribution in [0.15, 0.2) is 11.6 Å². The Hall–Kier alpha value is -1.64. The normalized spacial score (nSPS) is 38.0. The summed E-state index contributed by atoms with van der Waals surface area (Å²) in [5, 5.41) is 2.81. The summed E-state index contributed by atoms with van der Waals surface area (Å²) in [5.41, 5.74) is 0.596. The van der Waals surface area contributed by atoms with Gasteiger partial charge in [-0.25, -0.2) is 9.59 Å². The summed E-state index contributed by atoms with van der Waals surface area (Å²) >= 11 is 0. The lowest BCUT2D eigenvalue weighted by atomic mass is 9.68. The third-order valence-corrected chi connectivity index (χ3v) is 8.35. The first-order valence-corrected chi connectivity index (χ1v) is 12.8. The van der Waals surface area contributed by atoms with Crippen LogP contribution in [0.3, 0.4) is 0 Å². The van der Waals surface area contributed by atoms with E-state index in [4.69, 9.17) is 23.7 Å². The summed E-state index contributed by atoms with van der Waals surface area (Å²) < 4.78 is 29.0. The number of rotatable bonds is 8. The molecule has 4 fully saturated rings. The van der Waals surface area contributed by atoms with E-state index in [2.05, 4.69) is 32.2 Å². The van der Waals surface area contributed by atoms with Crippen LogP contribution in [-0.4, -0.2) is 68.4 Å². The molecule has 0 aromatic rings. The Kier molecular flexibility index (Phi) is 7.60. The first kappa shape index (κ1) is 25.5. The average Bonchev–Trinajstić information content (AvgIpc) is 3.74. The number of carbonyl (C=O) groups excluding carboxylic acids is 2. The fourth-order valence-corrected chi connectivity index (χ4v) is 6.33. The number of nitrogens with one attached hydrogen (secondary N) is 1. The van der Waals surface area contributed by atoms with Gasteiger partial charge in [0.15, 0.2) is 0 Å².